The maximum Gasteiger partial charge on any atom is 0.343 e. The zero-order chi connectivity index (χ0) is 18.4. The van der Waals surface area contributed by atoms with Crippen molar-refractivity contribution in [2.24, 2.45) is 5.92 Å². The number of carbonyl (C=O) groups is 1. The smallest absolute Gasteiger partial charge is 0.343 e. The van der Waals surface area contributed by atoms with Crippen LogP contribution in [0, 0.1) is 5.92 Å². The minimum Gasteiger partial charge on any atom is -0.497 e. The van der Waals surface area contributed by atoms with Crippen LogP contribution in [0.3, 0.4) is 0 Å². The van der Waals surface area contributed by atoms with E-state index in [2.05, 4.69) is 13.0 Å². The Hall–Kier alpha value is -2.29. The second-order valence-corrected chi connectivity index (χ2v) is 7.15. The molecule has 3 rings (SSSR count). The van der Waals surface area contributed by atoms with E-state index in [1.807, 2.05) is 12.1 Å². The Kier molecular flexibility index (Phi) is 6.32. The van der Waals surface area contributed by atoms with E-state index in [0.29, 0.717) is 11.3 Å². The van der Waals surface area contributed by atoms with Crippen molar-refractivity contribution in [3.05, 3.63) is 59.2 Å². The second kappa shape index (κ2) is 8.88. The lowest BCUT2D eigenvalue weighted by atomic mass is 9.81. The SMILES string of the molecule is CCCCCC1CCc2cc(C(=O)Oc3ccc(OC)cc3)ccc2C1. The summed E-state index contributed by atoms with van der Waals surface area (Å²) in [6, 6.07) is 13.1. The predicted molar refractivity (Wildman–Crippen MR) is 104 cm³/mol. The Morgan fingerprint density at radius 2 is 1.81 bits per heavy atom. The quantitative estimate of drug-likeness (QED) is 0.370. The first kappa shape index (κ1) is 18.5. The molecule has 0 aromatic heterocycles. The first-order chi connectivity index (χ1) is 12.7. The third-order valence-corrected chi connectivity index (χ3v) is 5.26. The Morgan fingerprint density at radius 1 is 1.04 bits per heavy atom. The molecule has 1 atom stereocenters. The molecule has 0 heterocycles. The fourth-order valence-corrected chi connectivity index (χ4v) is 3.70. The van der Waals surface area contributed by atoms with Crippen molar-refractivity contribution >= 4 is 5.97 Å². The van der Waals surface area contributed by atoms with Crippen molar-refractivity contribution in [1.82, 2.24) is 0 Å². The molecule has 0 radical (unpaired) electrons. The van der Waals surface area contributed by atoms with E-state index in [4.69, 9.17) is 9.47 Å². The molecule has 1 aliphatic carbocycles. The lowest BCUT2D eigenvalue weighted by Gasteiger charge is -2.25. The van der Waals surface area contributed by atoms with Crippen molar-refractivity contribution in [3.8, 4) is 11.5 Å². The molecule has 26 heavy (non-hydrogen) atoms. The van der Waals surface area contributed by atoms with Crippen LogP contribution in [0.15, 0.2) is 42.5 Å². The molecule has 2 aromatic rings. The summed E-state index contributed by atoms with van der Waals surface area (Å²) in [6.07, 6.45) is 8.72. The van der Waals surface area contributed by atoms with Gasteiger partial charge in [0.2, 0.25) is 0 Å². The zero-order valence-corrected chi connectivity index (χ0v) is 15.8. The molecule has 138 valence electrons. The molecular weight excluding hydrogens is 324 g/mol. The fraction of sp³-hybridized carbons (Fsp3) is 0.435. The predicted octanol–water partition coefficient (Wildman–Crippen LogP) is 5.60. The third-order valence-electron chi connectivity index (χ3n) is 5.26. The Labute approximate surface area is 156 Å². The van der Waals surface area contributed by atoms with E-state index in [1.165, 1.54) is 43.2 Å². The maximum atomic E-state index is 12.4. The van der Waals surface area contributed by atoms with Crippen molar-refractivity contribution in [2.45, 2.75) is 51.9 Å². The first-order valence-corrected chi connectivity index (χ1v) is 9.67. The number of benzene rings is 2. The van der Waals surface area contributed by atoms with Crippen LogP contribution >= 0.6 is 0 Å². The topological polar surface area (TPSA) is 35.5 Å². The molecular formula is C23H28O3. The number of rotatable bonds is 7. The number of hydrogen-bond acceptors (Lipinski definition) is 3. The molecule has 1 aliphatic rings. The average molecular weight is 352 g/mol. The molecule has 0 amide bonds. The molecule has 0 N–H and O–H groups in total. The van der Waals surface area contributed by atoms with Gasteiger partial charge in [0.25, 0.3) is 0 Å². The van der Waals surface area contributed by atoms with E-state index in [0.717, 1.165) is 24.5 Å². The van der Waals surface area contributed by atoms with Crippen LogP contribution in [0.5, 0.6) is 11.5 Å². The summed E-state index contributed by atoms with van der Waals surface area (Å²) in [7, 11) is 1.61. The van der Waals surface area contributed by atoms with E-state index < -0.39 is 0 Å². The van der Waals surface area contributed by atoms with E-state index in [9.17, 15) is 4.79 Å². The molecule has 0 bridgehead atoms. The average Bonchev–Trinajstić information content (AvgIpc) is 2.68. The normalized spacial score (nSPS) is 16.0. The van der Waals surface area contributed by atoms with Gasteiger partial charge in [-0.1, -0.05) is 38.7 Å². The number of ether oxygens (including phenoxy) is 2. The van der Waals surface area contributed by atoms with E-state index in [-0.39, 0.29) is 5.97 Å². The summed E-state index contributed by atoms with van der Waals surface area (Å²) in [6.45, 7) is 2.25. The van der Waals surface area contributed by atoms with Gasteiger partial charge >= 0.3 is 5.97 Å². The highest BCUT2D eigenvalue weighted by Crippen LogP contribution is 2.30. The summed E-state index contributed by atoms with van der Waals surface area (Å²) >= 11 is 0. The number of aryl methyl sites for hydroxylation is 1. The highest BCUT2D eigenvalue weighted by molar-refractivity contribution is 5.91. The highest BCUT2D eigenvalue weighted by Gasteiger charge is 2.20. The van der Waals surface area contributed by atoms with Crippen LogP contribution < -0.4 is 9.47 Å². The zero-order valence-electron chi connectivity index (χ0n) is 15.8. The van der Waals surface area contributed by atoms with Crippen molar-refractivity contribution in [3.63, 3.8) is 0 Å². The number of unbranched alkanes of at least 4 members (excludes halogenated alkanes) is 2. The number of fused-ring (bicyclic) bond motifs is 1. The second-order valence-electron chi connectivity index (χ2n) is 7.15. The molecule has 2 aromatic carbocycles. The first-order valence-electron chi connectivity index (χ1n) is 9.67. The van der Waals surface area contributed by atoms with E-state index in [1.54, 1.807) is 31.4 Å². The Bertz CT molecular complexity index is 734. The lowest BCUT2D eigenvalue weighted by molar-refractivity contribution is 0.0734. The molecule has 1 unspecified atom stereocenters. The Morgan fingerprint density at radius 3 is 2.54 bits per heavy atom. The largest absolute Gasteiger partial charge is 0.497 e. The lowest BCUT2D eigenvalue weighted by Crippen LogP contribution is -2.16. The van der Waals surface area contributed by atoms with Crippen LogP contribution in [0.1, 0.15) is 60.5 Å². The summed E-state index contributed by atoms with van der Waals surface area (Å²) in [5.74, 6) is 1.77. The monoisotopic (exact) mass is 352 g/mol. The van der Waals surface area contributed by atoms with Gasteiger partial charge in [-0.3, -0.25) is 0 Å². The number of esters is 1. The van der Waals surface area contributed by atoms with Crippen molar-refractivity contribution < 1.29 is 14.3 Å². The van der Waals surface area contributed by atoms with Gasteiger partial charge in [-0.2, -0.15) is 0 Å². The molecule has 0 fully saturated rings. The van der Waals surface area contributed by atoms with Crippen LogP contribution in [0.2, 0.25) is 0 Å². The summed E-state index contributed by atoms with van der Waals surface area (Å²) in [4.78, 5) is 12.4. The minimum absolute atomic E-state index is 0.303. The highest BCUT2D eigenvalue weighted by atomic mass is 16.5. The number of methoxy groups -OCH3 is 1. The number of hydrogen-bond donors (Lipinski definition) is 0. The van der Waals surface area contributed by atoms with Gasteiger partial charge in [-0.15, -0.1) is 0 Å². The van der Waals surface area contributed by atoms with E-state index >= 15 is 0 Å². The van der Waals surface area contributed by atoms with Crippen LogP contribution in [0.25, 0.3) is 0 Å². The molecule has 3 heteroatoms. The summed E-state index contributed by atoms with van der Waals surface area (Å²) in [5, 5.41) is 0. The molecule has 3 nitrogen and oxygen atoms in total. The van der Waals surface area contributed by atoms with Gasteiger partial charge in [0.05, 0.1) is 12.7 Å². The van der Waals surface area contributed by atoms with Crippen molar-refractivity contribution in [1.29, 1.82) is 0 Å². The Balaban J connectivity index is 1.62. The van der Waals surface area contributed by atoms with Gasteiger partial charge in [0.15, 0.2) is 0 Å². The van der Waals surface area contributed by atoms with Gasteiger partial charge in [-0.25, -0.2) is 4.79 Å². The van der Waals surface area contributed by atoms with Crippen LogP contribution in [-0.2, 0) is 12.8 Å². The summed E-state index contributed by atoms with van der Waals surface area (Å²) in [5.41, 5.74) is 3.34. The fourth-order valence-electron chi connectivity index (χ4n) is 3.70. The molecule has 0 saturated carbocycles. The molecule has 0 spiro atoms. The third kappa shape index (κ3) is 4.66. The van der Waals surface area contributed by atoms with Gasteiger partial charge in [0.1, 0.15) is 11.5 Å². The number of carbonyl (C=O) groups excluding carboxylic acids is 1. The van der Waals surface area contributed by atoms with Crippen LogP contribution in [-0.4, -0.2) is 13.1 Å². The standard InChI is InChI=1S/C23H28O3/c1-3-4-5-6-17-7-8-19-16-20(10-9-18(19)15-17)23(24)26-22-13-11-21(25-2)12-14-22/h9-14,16-17H,3-8,15H2,1-2H3. The van der Waals surface area contributed by atoms with Crippen LogP contribution in [0.4, 0.5) is 0 Å². The van der Waals surface area contributed by atoms with Crippen molar-refractivity contribution in [2.75, 3.05) is 7.11 Å². The van der Waals surface area contributed by atoms with Gasteiger partial charge < -0.3 is 9.47 Å². The maximum absolute atomic E-state index is 12.4. The minimum atomic E-state index is -0.303. The summed E-state index contributed by atoms with van der Waals surface area (Å²) < 4.78 is 10.6. The molecule has 0 saturated heterocycles. The molecule has 0 aliphatic heterocycles. The van der Waals surface area contributed by atoms with Gasteiger partial charge in [-0.05, 0) is 72.7 Å². The van der Waals surface area contributed by atoms with Gasteiger partial charge in [0, 0.05) is 0 Å².